The molecule has 1 unspecified atom stereocenters. The standard InChI is InChI=1S/C14H22BN3O4/c1-7-4-10(18(6-7)12(20)9(3)17-15)11(19)16-14(13(21)22)5-8(14)2/h7-10,17H,4-6H2,1-3H3,(H,16,19)(H,21,22)/t7-,8+,9+,10?,14-/m1/s1. The average molecular weight is 307 g/mol. The molecule has 0 bridgehead atoms. The van der Waals surface area contributed by atoms with Gasteiger partial charge in [-0.3, -0.25) is 9.59 Å². The van der Waals surface area contributed by atoms with Crippen LogP contribution in [0.5, 0.6) is 0 Å². The van der Waals surface area contributed by atoms with Crippen LogP contribution in [-0.2, 0) is 14.4 Å². The molecule has 2 radical (unpaired) electrons. The van der Waals surface area contributed by atoms with Gasteiger partial charge < -0.3 is 20.6 Å². The van der Waals surface area contributed by atoms with Gasteiger partial charge in [-0.1, -0.05) is 13.8 Å². The molecule has 120 valence electrons. The zero-order valence-electron chi connectivity index (χ0n) is 13.1. The van der Waals surface area contributed by atoms with Crippen LogP contribution in [0.25, 0.3) is 0 Å². The monoisotopic (exact) mass is 307 g/mol. The Morgan fingerprint density at radius 2 is 1.95 bits per heavy atom. The first-order valence-electron chi connectivity index (χ1n) is 7.55. The molecule has 1 aliphatic heterocycles. The number of nitrogens with one attached hydrogen (secondary N) is 2. The highest BCUT2D eigenvalue weighted by molar-refractivity contribution is 6.07. The quantitative estimate of drug-likeness (QED) is 0.581. The summed E-state index contributed by atoms with van der Waals surface area (Å²) in [6, 6.07) is -1.23. The van der Waals surface area contributed by atoms with Gasteiger partial charge in [0.1, 0.15) is 11.6 Å². The van der Waals surface area contributed by atoms with Crippen LogP contribution in [0.4, 0.5) is 0 Å². The number of likely N-dealkylation sites (tertiary alicyclic amines) is 1. The van der Waals surface area contributed by atoms with Crippen LogP contribution < -0.4 is 10.5 Å². The molecule has 2 amide bonds. The fraction of sp³-hybridized carbons (Fsp3) is 0.786. The van der Waals surface area contributed by atoms with Gasteiger partial charge in [0.2, 0.25) is 11.8 Å². The summed E-state index contributed by atoms with van der Waals surface area (Å²) >= 11 is 0. The van der Waals surface area contributed by atoms with E-state index in [0.29, 0.717) is 19.4 Å². The first kappa shape index (κ1) is 16.8. The predicted molar refractivity (Wildman–Crippen MR) is 79.9 cm³/mol. The van der Waals surface area contributed by atoms with E-state index < -0.39 is 29.5 Å². The normalized spacial score (nSPS) is 35.0. The van der Waals surface area contributed by atoms with Crippen molar-refractivity contribution in [2.75, 3.05) is 6.54 Å². The average Bonchev–Trinajstić information content (AvgIpc) is 2.94. The molecule has 2 fully saturated rings. The van der Waals surface area contributed by atoms with Crippen LogP contribution in [0.3, 0.4) is 0 Å². The number of hydrogen-bond acceptors (Lipinski definition) is 4. The van der Waals surface area contributed by atoms with Crippen molar-refractivity contribution in [1.82, 2.24) is 15.4 Å². The lowest BCUT2D eigenvalue weighted by Crippen LogP contribution is -2.55. The van der Waals surface area contributed by atoms with Gasteiger partial charge in [0.05, 0.1) is 6.04 Å². The molecule has 1 heterocycles. The molecule has 7 nitrogen and oxygen atoms in total. The van der Waals surface area contributed by atoms with E-state index in [-0.39, 0.29) is 17.7 Å². The Balaban J connectivity index is 2.10. The Labute approximate surface area is 131 Å². The molecule has 22 heavy (non-hydrogen) atoms. The summed E-state index contributed by atoms with van der Waals surface area (Å²) in [6.07, 6.45) is 0.948. The molecule has 0 aromatic heterocycles. The smallest absolute Gasteiger partial charge is 0.329 e. The van der Waals surface area contributed by atoms with Crippen LogP contribution in [0.15, 0.2) is 0 Å². The van der Waals surface area contributed by atoms with Gasteiger partial charge >= 0.3 is 5.97 Å². The lowest BCUT2D eigenvalue weighted by molar-refractivity contribution is -0.145. The van der Waals surface area contributed by atoms with E-state index in [4.69, 9.17) is 7.98 Å². The molecule has 2 aliphatic rings. The number of carbonyl (C=O) groups excluding carboxylic acids is 2. The number of rotatable bonds is 5. The van der Waals surface area contributed by atoms with E-state index in [0.717, 1.165) is 0 Å². The van der Waals surface area contributed by atoms with E-state index in [1.165, 1.54) is 4.90 Å². The van der Waals surface area contributed by atoms with E-state index in [1.54, 1.807) is 13.8 Å². The van der Waals surface area contributed by atoms with Gasteiger partial charge in [-0.2, -0.15) is 0 Å². The number of nitrogens with zero attached hydrogens (tertiary/aromatic N) is 1. The molecule has 1 aliphatic carbocycles. The minimum atomic E-state index is -1.17. The van der Waals surface area contributed by atoms with Gasteiger partial charge in [-0.15, -0.1) is 0 Å². The lowest BCUT2D eigenvalue weighted by Gasteiger charge is -2.28. The minimum Gasteiger partial charge on any atom is -0.479 e. The van der Waals surface area contributed by atoms with Crippen LogP contribution in [0.1, 0.15) is 33.6 Å². The molecule has 2 rings (SSSR count). The summed E-state index contributed by atoms with van der Waals surface area (Å²) in [5.74, 6) is -1.58. The molecule has 3 N–H and O–H groups in total. The summed E-state index contributed by atoms with van der Waals surface area (Å²) in [5.41, 5.74) is -1.17. The van der Waals surface area contributed by atoms with Crippen LogP contribution in [0, 0.1) is 11.8 Å². The number of carboxylic acids is 1. The zero-order valence-corrected chi connectivity index (χ0v) is 13.1. The van der Waals surface area contributed by atoms with E-state index in [9.17, 15) is 19.5 Å². The van der Waals surface area contributed by atoms with Crippen molar-refractivity contribution >= 4 is 25.8 Å². The number of carboxylic acid groups (broad SMARTS) is 1. The highest BCUT2D eigenvalue weighted by Gasteiger charge is 2.60. The van der Waals surface area contributed by atoms with Crippen molar-refractivity contribution < 1.29 is 19.5 Å². The zero-order chi connectivity index (χ0) is 16.7. The summed E-state index contributed by atoms with van der Waals surface area (Å²) < 4.78 is 0. The third-order valence-corrected chi connectivity index (χ3v) is 4.75. The second-order valence-corrected chi connectivity index (χ2v) is 6.61. The van der Waals surface area contributed by atoms with Crippen LogP contribution >= 0.6 is 0 Å². The highest BCUT2D eigenvalue weighted by Crippen LogP contribution is 2.43. The Hall–Kier alpha value is -1.57. The Bertz CT molecular complexity index is 500. The van der Waals surface area contributed by atoms with E-state index in [2.05, 4.69) is 10.5 Å². The van der Waals surface area contributed by atoms with Gasteiger partial charge in [0, 0.05) is 6.54 Å². The third kappa shape index (κ3) is 2.84. The fourth-order valence-corrected chi connectivity index (χ4v) is 3.11. The maximum atomic E-state index is 12.5. The second-order valence-electron chi connectivity index (χ2n) is 6.61. The molecular weight excluding hydrogens is 285 g/mol. The molecule has 8 heteroatoms. The SMILES string of the molecule is [B]N[C@@H](C)C(=O)N1C[C@H](C)CC1C(=O)N[C@]1(C(=O)O)C[C@@H]1C. The van der Waals surface area contributed by atoms with Crippen molar-refractivity contribution in [3.05, 3.63) is 0 Å². The highest BCUT2D eigenvalue weighted by atomic mass is 16.4. The van der Waals surface area contributed by atoms with Crippen LogP contribution in [0.2, 0.25) is 0 Å². The van der Waals surface area contributed by atoms with Crippen molar-refractivity contribution in [2.24, 2.45) is 11.8 Å². The maximum absolute atomic E-state index is 12.5. The predicted octanol–water partition coefficient (Wildman–Crippen LogP) is -0.736. The first-order valence-corrected chi connectivity index (χ1v) is 7.55. The molecular formula is C14H22BN3O4. The van der Waals surface area contributed by atoms with E-state index in [1.807, 2.05) is 6.92 Å². The molecule has 0 aromatic rings. The van der Waals surface area contributed by atoms with Gasteiger partial charge in [0.15, 0.2) is 7.98 Å². The molecule has 1 saturated heterocycles. The van der Waals surface area contributed by atoms with Gasteiger partial charge in [-0.05, 0) is 31.6 Å². The number of amides is 2. The van der Waals surface area contributed by atoms with E-state index >= 15 is 0 Å². The first-order chi connectivity index (χ1) is 10.2. The lowest BCUT2D eigenvalue weighted by atomic mass is 10.1. The van der Waals surface area contributed by atoms with Crippen molar-refractivity contribution in [3.63, 3.8) is 0 Å². The Morgan fingerprint density at radius 1 is 1.36 bits per heavy atom. The van der Waals surface area contributed by atoms with Gasteiger partial charge in [0.25, 0.3) is 0 Å². The molecule has 0 aromatic carbocycles. The molecule has 0 spiro atoms. The second kappa shape index (κ2) is 5.91. The summed E-state index contributed by atoms with van der Waals surface area (Å²) in [7, 11) is 5.29. The fourth-order valence-electron chi connectivity index (χ4n) is 3.11. The summed E-state index contributed by atoms with van der Waals surface area (Å²) in [4.78, 5) is 37.7. The summed E-state index contributed by atoms with van der Waals surface area (Å²) in [6.45, 7) is 5.84. The van der Waals surface area contributed by atoms with Crippen molar-refractivity contribution in [3.8, 4) is 0 Å². The number of hydrogen-bond donors (Lipinski definition) is 3. The Morgan fingerprint density at radius 3 is 2.41 bits per heavy atom. The summed E-state index contributed by atoms with van der Waals surface area (Å²) in [5, 5.41) is 14.3. The van der Waals surface area contributed by atoms with Crippen molar-refractivity contribution in [1.29, 1.82) is 0 Å². The topological polar surface area (TPSA) is 98.7 Å². The minimum absolute atomic E-state index is 0.0958. The number of carbonyl (C=O) groups is 3. The third-order valence-electron chi connectivity index (χ3n) is 4.75. The molecule has 5 atom stereocenters. The van der Waals surface area contributed by atoms with Crippen molar-refractivity contribution in [2.45, 2.75) is 51.2 Å². The largest absolute Gasteiger partial charge is 0.479 e. The van der Waals surface area contributed by atoms with Gasteiger partial charge in [-0.25, -0.2) is 4.79 Å². The number of aliphatic carboxylic acids is 1. The molecule has 1 saturated carbocycles. The maximum Gasteiger partial charge on any atom is 0.329 e. The van der Waals surface area contributed by atoms with Crippen LogP contribution in [-0.4, -0.2) is 59.9 Å². The Kier molecular flexibility index (Phi) is 4.51.